The molecule has 0 saturated carbocycles. The van der Waals surface area contributed by atoms with Gasteiger partial charge < -0.3 is 20.1 Å². The van der Waals surface area contributed by atoms with E-state index in [2.05, 4.69) is 20.6 Å². The number of hydrogen-bond acceptors (Lipinski definition) is 6. The van der Waals surface area contributed by atoms with Crippen LogP contribution in [0.3, 0.4) is 0 Å². The molecule has 26 heavy (non-hydrogen) atoms. The highest BCUT2D eigenvalue weighted by Gasteiger charge is 2.06. The second-order valence-corrected chi connectivity index (χ2v) is 5.68. The molecule has 0 saturated heterocycles. The van der Waals surface area contributed by atoms with Gasteiger partial charge in [0, 0.05) is 11.9 Å². The molecule has 0 amide bonds. The summed E-state index contributed by atoms with van der Waals surface area (Å²) < 4.78 is 10.8. The molecular weight excluding hydrogens is 328 g/mol. The Hall–Kier alpha value is -3.28. The second-order valence-electron chi connectivity index (χ2n) is 5.68. The minimum Gasteiger partial charge on any atom is -0.495 e. The van der Waals surface area contributed by atoms with Crippen molar-refractivity contribution >= 4 is 23.1 Å². The van der Waals surface area contributed by atoms with Gasteiger partial charge in [-0.2, -0.15) is 4.98 Å². The summed E-state index contributed by atoms with van der Waals surface area (Å²) in [5.74, 6) is 2.78. The topological polar surface area (TPSA) is 68.3 Å². The van der Waals surface area contributed by atoms with Crippen LogP contribution in [0.25, 0.3) is 0 Å². The van der Waals surface area contributed by atoms with Crippen molar-refractivity contribution in [2.24, 2.45) is 0 Å². The predicted octanol–water partition coefficient (Wildman–Crippen LogP) is 4.68. The molecule has 0 aliphatic heterocycles. The quantitative estimate of drug-likeness (QED) is 0.645. The monoisotopic (exact) mass is 350 g/mol. The fourth-order valence-electron chi connectivity index (χ4n) is 2.48. The largest absolute Gasteiger partial charge is 0.495 e. The summed E-state index contributed by atoms with van der Waals surface area (Å²) in [6.45, 7) is 4.64. The van der Waals surface area contributed by atoms with Crippen LogP contribution in [0.2, 0.25) is 0 Å². The van der Waals surface area contributed by atoms with Gasteiger partial charge in [-0.05, 0) is 61.9 Å². The minimum atomic E-state index is 0.505. The molecule has 0 aliphatic rings. The van der Waals surface area contributed by atoms with E-state index in [1.54, 1.807) is 13.3 Å². The second kappa shape index (κ2) is 8.20. The Morgan fingerprint density at radius 1 is 1.00 bits per heavy atom. The van der Waals surface area contributed by atoms with Crippen LogP contribution < -0.4 is 20.1 Å². The van der Waals surface area contributed by atoms with Crippen molar-refractivity contribution in [1.82, 2.24) is 9.97 Å². The van der Waals surface area contributed by atoms with Crippen LogP contribution in [-0.2, 0) is 0 Å². The van der Waals surface area contributed by atoms with Crippen LogP contribution in [0.4, 0.5) is 23.1 Å². The first-order valence-corrected chi connectivity index (χ1v) is 8.42. The summed E-state index contributed by atoms with van der Waals surface area (Å²) in [7, 11) is 1.65. The molecule has 3 aromatic rings. The van der Waals surface area contributed by atoms with Gasteiger partial charge in [-0.25, -0.2) is 4.98 Å². The summed E-state index contributed by atoms with van der Waals surface area (Å²) in [5, 5.41) is 6.47. The van der Waals surface area contributed by atoms with Crippen LogP contribution in [-0.4, -0.2) is 23.7 Å². The predicted molar refractivity (Wildman–Crippen MR) is 104 cm³/mol. The molecule has 3 rings (SSSR count). The van der Waals surface area contributed by atoms with Crippen molar-refractivity contribution in [3.8, 4) is 11.5 Å². The Morgan fingerprint density at radius 3 is 2.54 bits per heavy atom. The van der Waals surface area contributed by atoms with E-state index in [1.807, 2.05) is 62.4 Å². The van der Waals surface area contributed by atoms with Gasteiger partial charge in [-0.15, -0.1) is 0 Å². The zero-order valence-electron chi connectivity index (χ0n) is 15.1. The lowest BCUT2D eigenvalue weighted by atomic mass is 10.2. The highest BCUT2D eigenvalue weighted by atomic mass is 16.5. The van der Waals surface area contributed by atoms with E-state index in [9.17, 15) is 0 Å². The maximum Gasteiger partial charge on any atom is 0.229 e. The summed E-state index contributed by atoms with van der Waals surface area (Å²) in [5.41, 5.74) is 2.88. The van der Waals surface area contributed by atoms with Crippen molar-refractivity contribution < 1.29 is 9.47 Å². The third-order valence-electron chi connectivity index (χ3n) is 3.69. The Kier molecular flexibility index (Phi) is 5.53. The number of anilines is 4. The highest BCUT2D eigenvalue weighted by Crippen LogP contribution is 2.28. The van der Waals surface area contributed by atoms with Gasteiger partial charge in [0.1, 0.15) is 17.3 Å². The van der Waals surface area contributed by atoms with E-state index in [0.717, 1.165) is 28.4 Å². The van der Waals surface area contributed by atoms with Crippen LogP contribution in [0.5, 0.6) is 11.5 Å². The van der Waals surface area contributed by atoms with Gasteiger partial charge in [0.25, 0.3) is 0 Å². The first kappa shape index (κ1) is 17.5. The molecule has 6 heteroatoms. The van der Waals surface area contributed by atoms with E-state index < -0.39 is 0 Å². The smallest absolute Gasteiger partial charge is 0.229 e. The third kappa shape index (κ3) is 4.42. The Bertz CT molecular complexity index is 866. The fraction of sp³-hybridized carbons (Fsp3) is 0.200. The lowest BCUT2D eigenvalue weighted by molar-refractivity contribution is 0.340. The molecule has 0 atom stereocenters. The normalized spacial score (nSPS) is 10.3. The molecule has 0 aliphatic carbocycles. The van der Waals surface area contributed by atoms with Crippen molar-refractivity contribution in [1.29, 1.82) is 0 Å². The Morgan fingerprint density at radius 2 is 1.81 bits per heavy atom. The summed E-state index contributed by atoms with van der Waals surface area (Å²) in [4.78, 5) is 8.78. The molecule has 1 aromatic heterocycles. The average Bonchev–Trinajstić information content (AvgIpc) is 2.64. The zero-order valence-corrected chi connectivity index (χ0v) is 15.1. The van der Waals surface area contributed by atoms with E-state index in [1.165, 1.54) is 0 Å². The van der Waals surface area contributed by atoms with Gasteiger partial charge in [0.2, 0.25) is 5.95 Å². The standard InChI is InChI=1S/C20H22N4O2/c1-4-26-16-8-6-15(7-9-16)22-20-21-12-11-19(24-20)23-17-13-14(2)5-10-18(17)25-3/h5-13H,4H2,1-3H3,(H2,21,22,23,24). The van der Waals surface area contributed by atoms with E-state index in [0.29, 0.717) is 18.4 Å². The number of hydrogen-bond donors (Lipinski definition) is 2. The third-order valence-corrected chi connectivity index (χ3v) is 3.69. The molecule has 2 aromatic carbocycles. The molecular formula is C20H22N4O2. The number of nitrogens with one attached hydrogen (secondary N) is 2. The summed E-state index contributed by atoms with van der Waals surface area (Å²) in [6.07, 6.45) is 1.70. The first-order chi connectivity index (χ1) is 12.7. The van der Waals surface area contributed by atoms with Crippen LogP contribution in [0.15, 0.2) is 54.7 Å². The van der Waals surface area contributed by atoms with Gasteiger partial charge in [0.05, 0.1) is 19.4 Å². The fourth-order valence-corrected chi connectivity index (χ4v) is 2.48. The lowest BCUT2D eigenvalue weighted by Gasteiger charge is -2.12. The Labute approximate surface area is 153 Å². The average molecular weight is 350 g/mol. The zero-order chi connectivity index (χ0) is 18.4. The lowest BCUT2D eigenvalue weighted by Crippen LogP contribution is -2.01. The maximum atomic E-state index is 5.45. The highest BCUT2D eigenvalue weighted by molar-refractivity contribution is 5.66. The van der Waals surface area contributed by atoms with E-state index in [4.69, 9.17) is 9.47 Å². The van der Waals surface area contributed by atoms with Gasteiger partial charge in [-0.1, -0.05) is 6.07 Å². The van der Waals surface area contributed by atoms with Crippen LogP contribution in [0, 0.1) is 6.92 Å². The number of methoxy groups -OCH3 is 1. The molecule has 2 N–H and O–H groups in total. The SMILES string of the molecule is CCOc1ccc(Nc2nccc(Nc3cc(C)ccc3OC)n2)cc1. The van der Waals surface area contributed by atoms with Crippen molar-refractivity contribution in [2.45, 2.75) is 13.8 Å². The molecule has 0 spiro atoms. The number of aromatic nitrogens is 2. The molecule has 1 heterocycles. The minimum absolute atomic E-state index is 0.505. The molecule has 6 nitrogen and oxygen atoms in total. The first-order valence-electron chi connectivity index (χ1n) is 8.42. The van der Waals surface area contributed by atoms with Crippen LogP contribution >= 0.6 is 0 Å². The van der Waals surface area contributed by atoms with Crippen molar-refractivity contribution in [2.75, 3.05) is 24.4 Å². The number of rotatable bonds is 7. The number of ether oxygens (including phenoxy) is 2. The molecule has 0 radical (unpaired) electrons. The maximum absolute atomic E-state index is 5.45. The van der Waals surface area contributed by atoms with Crippen LogP contribution in [0.1, 0.15) is 12.5 Å². The van der Waals surface area contributed by atoms with E-state index >= 15 is 0 Å². The molecule has 0 unspecified atom stereocenters. The number of aryl methyl sites for hydroxylation is 1. The molecule has 0 fully saturated rings. The van der Waals surface area contributed by atoms with E-state index in [-0.39, 0.29) is 0 Å². The van der Waals surface area contributed by atoms with Gasteiger partial charge in [0.15, 0.2) is 0 Å². The molecule has 134 valence electrons. The van der Waals surface area contributed by atoms with Gasteiger partial charge in [-0.3, -0.25) is 0 Å². The van der Waals surface area contributed by atoms with Crippen molar-refractivity contribution in [3.63, 3.8) is 0 Å². The molecule has 0 bridgehead atoms. The summed E-state index contributed by atoms with van der Waals surface area (Å²) in [6, 6.07) is 15.4. The number of nitrogens with zero attached hydrogens (tertiary/aromatic N) is 2. The van der Waals surface area contributed by atoms with Crippen molar-refractivity contribution in [3.05, 3.63) is 60.3 Å². The number of benzene rings is 2. The summed E-state index contributed by atoms with van der Waals surface area (Å²) >= 11 is 0. The van der Waals surface area contributed by atoms with Gasteiger partial charge >= 0.3 is 0 Å². The Balaban J connectivity index is 1.75.